The summed E-state index contributed by atoms with van der Waals surface area (Å²) in [6.45, 7) is 10.2. The summed E-state index contributed by atoms with van der Waals surface area (Å²) in [6.07, 6.45) is 10.7. The highest BCUT2D eigenvalue weighted by Gasteiger charge is 1.96. The Morgan fingerprint density at radius 3 is 2.67 bits per heavy atom. The Morgan fingerprint density at radius 2 is 2.17 bits per heavy atom. The van der Waals surface area contributed by atoms with E-state index >= 15 is 0 Å². The molecular weight excluding hydrogens is 144 g/mol. The van der Waals surface area contributed by atoms with Gasteiger partial charge in [-0.25, -0.2) is 0 Å². The van der Waals surface area contributed by atoms with Crippen LogP contribution in [0, 0.1) is 5.92 Å². The second-order valence-corrected chi connectivity index (χ2v) is 3.27. The number of allylic oxidation sites excluding steroid dienone is 5. The molecule has 0 saturated carbocycles. The fourth-order valence-corrected chi connectivity index (χ4v) is 1.10. The van der Waals surface area contributed by atoms with E-state index in [0.717, 1.165) is 6.42 Å². The maximum Gasteiger partial charge on any atom is -0.0172 e. The van der Waals surface area contributed by atoms with E-state index in [-0.39, 0.29) is 0 Å². The molecule has 0 radical (unpaired) electrons. The van der Waals surface area contributed by atoms with Crippen LogP contribution in [0.1, 0.15) is 33.6 Å². The lowest BCUT2D eigenvalue weighted by Gasteiger charge is -2.05. The first-order valence-corrected chi connectivity index (χ1v) is 4.60. The monoisotopic (exact) mass is 164 g/mol. The highest BCUT2D eigenvalue weighted by Crippen LogP contribution is 2.11. The number of hydrogen-bond donors (Lipinski definition) is 0. The van der Waals surface area contributed by atoms with Gasteiger partial charge in [-0.05, 0) is 32.6 Å². The van der Waals surface area contributed by atoms with Gasteiger partial charge in [0.25, 0.3) is 0 Å². The minimum absolute atomic E-state index is 0.654. The lowest BCUT2D eigenvalue weighted by Crippen LogP contribution is -1.89. The van der Waals surface area contributed by atoms with Crippen LogP contribution < -0.4 is 0 Å². The van der Waals surface area contributed by atoms with E-state index < -0.39 is 0 Å². The first-order chi connectivity index (χ1) is 5.70. The van der Waals surface area contributed by atoms with Crippen LogP contribution in [0.4, 0.5) is 0 Å². The van der Waals surface area contributed by atoms with E-state index in [0.29, 0.717) is 5.92 Å². The summed E-state index contributed by atoms with van der Waals surface area (Å²) >= 11 is 0. The van der Waals surface area contributed by atoms with Crippen molar-refractivity contribution in [3.8, 4) is 0 Å². The fraction of sp³-hybridized carbons (Fsp3) is 0.500. The molecule has 0 spiro atoms. The Morgan fingerprint density at radius 1 is 1.50 bits per heavy atom. The SMILES string of the molecule is C=CCC=CC(C)CC(C)=CC. The Labute approximate surface area is 76.7 Å². The Balaban J connectivity index is 3.72. The molecule has 0 amide bonds. The average molecular weight is 164 g/mol. The predicted octanol–water partition coefficient (Wildman–Crippen LogP) is 4.11. The quantitative estimate of drug-likeness (QED) is 0.536. The third-order valence-electron chi connectivity index (χ3n) is 1.90. The van der Waals surface area contributed by atoms with Crippen molar-refractivity contribution in [2.75, 3.05) is 0 Å². The van der Waals surface area contributed by atoms with Crippen molar-refractivity contribution >= 4 is 0 Å². The molecule has 1 unspecified atom stereocenters. The molecule has 0 heterocycles. The third kappa shape index (κ3) is 5.96. The van der Waals surface area contributed by atoms with Gasteiger partial charge in [-0.2, -0.15) is 0 Å². The molecule has 1 atom stereocenters. The highest BCUT2D eigenvalue weighted by molar-refractivity contribution is 5.01. The van der Waals surface area contributed by atoms with Crippen LogP contribution in [0.15, 0.2) is 36.5 Å². The van der Waals surface area contributed by atoms with Crippen molar-refractivity contribution in [3.05, 3.63) is 36.5 Å². The Hall–Kier alpha value is -0.780. The van der Waals surface area contributed by atoms with Gasteiger partial charge in [-0.15, -0.1) is 6.58 Å². The summed E-state index contributed by atoms with van der Waals surface area (Å²) in [4.78, 5) is 0. The van der Waals surface area contributed by atoms with E-state index in [1.54, 1.807) is 0 Å². The summed E-state index contributed by atoms with van der Waals surface area (Å²) in [7, 11) is 0. The molecule has 12 heavy (non-hydrogen) atoms. The minimum atomic E-state index is 0.654. The Kier molecular flexibility index (Phi) is 6.45. The van der Waals surface area contributed by atoms with Gasteiger partial charge in [-0.1, -0.05) is 36.8 Å². The van der Waals surface area contributed by atoms with Crippen molar-refractivity contribution in [2.45, 2.75) is 33.6 Å². The topological polar surface area (TPSA) is 0 Å². The van der Waals surface area contributed by atoms with Crippen LogP contribution in [0.3, 0.4) is 0 Å². The standard InChI is InChI=1S/C12H20/c1-5-7-8-9-12(4)10-11(3)6-2/h5-6,8-9,12H,1,7,10H2,2-4H3. The van der Waals surface area contributed by atoms with Crippen LogP contribution in [0.2, 0.25) is 0 Å². The maximum absolute atomic E-state index is 3.67. The normalized spacial score (nSPS) is 15.1. The molecule has 0 fully saturated rings. The fourth-order valence-electron chi connectivity index (χ4n) is 1.10. The predicted molar refractivity (Wildman–Crippen MR) is 57.2 cm³/mol. The Bertz CT molecular complexity index is 172. The molecule has 68 valence electrons. The number of rotatable bonds is 5. The van der Waals surface area contributed by atoms with E-state index in [9.17, 15) is 0 Å². The second-order valence-electron chi connectivity index (χ2n) is 3.27. The zero-order valence-electron chi connectivity index (χ0n) is 8.51. The molecule has 0 aromatic carbocycles. The van der Waals surface area contributed by atoms with E-state index in [4.69, 9.17) is 0 Å². The third-order valence-corrected chi connectivity index (χ3v) is 1.90. The van der Waals surface area contributed by atoms with Crippen molar-refractivity contribution in [2.24, 2.45) is 5.92 Å². The van der Waals surface area contributed by atoms with E-state index in [1.807, 2.05) is 6.08 Å². The van der Waals surface area contributed by atoms with Gasteiger partial charge < -0.3 is 0 Å². The van der Waals surface area contributed by atoms with Crippen molar-refractivity contribution in [1.29, 1.82) is 0 Å². The van der Waals surface area contributed by atoms with Gasteiger partial charge in [0.05, 0.1) is 0 Å². The van der Waals surface area contributed by atoms with Crippen LogP contribution in [-0.4, -0.2) is 0 Å². The molecule has 0 bridgehead atoms. The molecule has 0 aliphatic heterocycles. The maximum atomic E-state index is 3.67. The van der Waals surface area contributed by atoms with E-state index in [1.165, 1.54) is 12.0 Å². The molecule has 0 aliphatic rings. The second kappa shape index (κ2) is 6.90. The summed E-state index contributed by atoms with van der Waals surface area (Å²) in [5.74, 6) is 0.654. The smallest absolute Gasteiger partial charge is 0.0172 e. The summed E-state index contributed by atoms with van der Waals surface area (Å²) in [6, 6.07) is 0. The van der Waals surface area contributed by atoms with Gasteiger partial charge in [-0.3, -0.25) is 0 Å². The first-order valence-electron chi connectivity index (χ1n) is 4.60. The van der Waals surface area contributed by atoms with Crippen molar-refractivity contribution in [1.82, 2.24) is 0 Å². The lowest BCUT2D eigenvalue weighted by atomic mass is 10.0. The van der Waals surface area contributed by atoms with Crippen LogP contribution in [0.5, 0.6) is 0 Å². The van der Waals surface area contributed by atoms with Gasteiger partial charge >= 0.3 is 0 Å². The zero-order valence-corrected chi connectivity index (χ0v) is 8.51. The van der Waals surface area contributed by atoms with E-state index in [2.05, 4.69) is 45.6 Å². The highest BCUT2D eigenvalue weighted by atomic mass is 14.0. The van der Waals surface area contributed by atoms with Crippen molar-refractivity contribution < 1.29 is 0 Å². The minimum Gasteiger partial charge on any atom is -0.103 e. The van der Waals surface area contributed by atoms with Crippen molar-refractivity contribution in [3.63, 3.8) is 0 Å². The van der Waals surface area contributed by atoms with Gasteiger partial charge in [0.1, 0.15) is 0 Å². The molecule has 0 nitrogen and oxygen atoms in total. The molecule has 0 aromatic heterocycles. The average Bonchev–Trinajstić information content (AvgIpc) is 2.05. The first kappa shape index (κ1) is 11.2. The molecule has 0 saturated heterocycles. The lowest BCUT2D eigenvalue weighted by molar-refractivity contribution is 0.713. The largest absolute Gasteiger partial charge is 0.103 e. The van der Waals surface area contributed by atoms with Crippen LogP contribution in [0.25, 0.3) is 0 Å². The molecule has 0 rings (SSSR count). The zero-order chi connectivity index (χ0) is 9.40. The van der Waals surface area contributed by atoms with Crippen LogP contribution in [-0.2, 0) is 0 Å². The summed E-state index contributed by atoms with van der Waals surface area (Å²) in [5.41, 5.74) is 1.46. The summed E-state index contributed by atoms with van der Waals surface area (Å²) < 4.78 is 0. The van der Waals surface area contributed by atoms with Gasteiger partial charge in [0, 0.05) is 0 Å². The van der Waals surface area contributed by atoms with Crippen LogP contribution >= 0.6 is 0 Å². The molecule has 0 aliphatic carbocycles. The molecule has 0 aromatic rings. The van der Waals surface area contributed by atoms with Gasteiger partial charge in [0.2, 0.25) is 0 Å². The molecule has 0 heteroatoms. The summed E-state index contributed by atoms with van der Waals surface area (Å²) in [5, 5.41) is 0. The molecule has 0 N–H and O–H groups in total. The van der Waals surface area contributed by atoms with Gasteiger partial charge in [0.15, 0.2) is 0 Å². The molecular formula is C12H20. The number of hydrogen-bond acceptors (Lipinski definition) is 0.